The van der Waals surface area contributed by atoms with Crippen LogP contribution in [0.4, 0.5) is 0 Å². The quantitative estimate of drug-likeness (QED) is 0.691. The first-order valence-electron chi connectivity index (χ1n) is 8.33. The summed E-state index contributed by atoms with van der Waals surface area (Å²) < 4.78 is 0. The van der Waals surface area contributed by atoms with E-state index in [-0.39, 0.29) is 23.2 Å². The van der Waals surface area contributed by atoms with Crippen molar-refractivity contribution in [1.29, 1.82) is 0 Å². The molecule has 126 valence electrons. The van der Waals surface area contributed by atoms with Crippen LogP contribution < -0.4 is 11.1 Å². The zero-order valence-electron chi connectivity index (χ0n) is 13.0. The van der Waals surface area contributed by atoms with E-state index in [0.717, 1.165) is 25.8 Å². The maximum absolute atomic E-state index is 13.1. The Labute approximate surface area is 139 Å². The molecule has 0 aliphatic carbocycles. The molecule has 4 heterocycles. The summed E-state index contributed by atoms with van der Waals surface area (Å²) in [5, 5.41) is 3.21. The van der Waals surface area contributed by atoms with Gasteiger partial charge in [-0.3, -0.25) is 14.4 Å². The number of hydrogen-bond donors (Lipinski definition) is 2. The minimum absolute atomic E-state index is 0.0232. The lowest BCUT2D eigenvalue weighted by Crippen LogP contribution is -2.58. The molecule has 1 spiro atoms. The Kier molecular flexibility index (Phi) is 3.57. The Morgan fingerprint density at radius 2 is 2.17 bits per heavy atom. The third-order valence-corrected chi connectivity index (χ3v) is 6.97. The zero-order chi connectivity index (χ0) is 16.2. The first kappa shape index (κ1) is 15.3. The van der Waals surface area contributed by atoms with Crippen LogP contribution in [0.5, 0.6) is 0 Å². The lowest BCUT2D eigenvalue weighted by atomic mass is 9.93. The average Bonchev–Trinajstić information content (AvgIpc) is 3.28. The number of amides is 3. The molecule has 8 heteroatoms. The number of hydrogen-bond acceptors (Lipinski definition) is 5. The number of nitrogens with zero attached hydrogens (tertiary/aromatic N) is 2. The summed E-state index contributed by atoms with van der Waals surface area (Å²) in [6.45, 7) is 1.49. The number of nitrogens with two attached hydrogens (primary N) is 1. The number of primary amides is 1. The van der Waals surface area contributed by atoms with Crippen LogP contribution in [0.3, 0.4) is 0 Å². The highest BCUT2D eigenvalue weighted by Crippen LogP contribution is 2.49. The molecule has 0 aromatic rings. The molecule has 0 aromatic carbocycles. The van der Waals surface area contributed by atoms with E-state index < -0.39 is 17.5 Å². The normalized spacial score (nSPS) is 39.5. The van der Waals surface area contributed by atoms with Gasteiger partial charge in [0, 0.05) is 18.7 Å². The molecule has 4 rings (SSSR count). The van der Waals surface area contributed by atoms with E-state index in [4.69, 9.17) is 5.73 Å². The fourth-order valence-corrected chi connectivity index (χ4v) is 6.07. The Balaban J connectivity index is 1.61. The van der Waals surface area contributed by atoms with Gasteiger partial charge >= 0.3 is 0 Å². The van der Waals surface area contributed by atoms with Crippen molar-refractivity contribution in [2.75, 3.05) is 18.8 Å². The lowest BCUT2D eigenvalue weighted by molar-refractivity contribution is -0.149. The number of carbonyl (C=O) groups excluding carboxylic acids is 3. The summed E-state index contributed by atoms with van der Waals surface area (Å²) in [7, 11) is 0. The predicted octanol–water partition coefficient (Wildman–Crippen LogP) is -0.741. The van der Waals surface area contributed by atoms with Crippen molar-refractivity contribution in [2.24, 2.45) is 5.73 Å². The van der Waals surface area contributed by atoms with Crippen LogP contribution in [-0.4, -0.2) is 69.4 Å². The van der Waals surface area contributed by atoms with Crippen LogP contribution in [0.25, 0.3) is 0 Å². The summed E-state index contributed by atoms with van der Waals surface area (Å²) >= 11 is 1.61. The standard InChI is InChI=1S/C15H22N4O3S/c16-12(20)10-8-23-11-7-15(14(22)19(10)11)4-2-6-18(15)13(21)9-3-1-5-17-9/h9-11,17H,1-8H2,(H2,16,20). The number of carbonyl (C=O) groups is 3. The smallest absolute Gasteiger partial charge is 0.250 e. The van der Waals surface area contributed by atoms with E-state index in [2.05, 4.69) is 5.32 Å². The van der Waals surface area contributed by atoms with E-state index >= 15 is 0 Å². The van der Waals surface area contributed by atoms with Crippen molar-refractivity contribution in [3.8, 4) is 0 Å². The Morgan fingerprint density at radius 1 is 1.35 bits per heavy atom. The van der Waals surface area contributed by atoms with Crippen molar-refractivity contribution >= 4 is 29.5 Å². The number of likely N-dealkylation sites (tertiary alicyclic amines) is 1. The van der Waals surface area contributed by atoms with Crippen LogP contribution in [0.15, 0.2) is 0 Å². The molecule has 4 aliphatic rings. The lowest BCUT2D eigenvalue weighted by Gasteiger charge is -2.35. The zero-order valence-corrected chi connectivity index (χ0v) is 13.8. The van der Waals surface area contributed by atoms with Crippen LogP contribution in [0.2, 0.25) is 0 Å². The molecule has 0 aromatic heterocycles. The SMILES string of the molecule is NC(=O)C1CSC2CC3(CCCN3C(=O)C3CCCN3)C(=O)N21. The summed E-state index contributed by atoms with van der Waals surface area (Å²) in [5.41, 5.74) is 4.72. The van der Waals surface area contributed by atoms with E-state index in [0.29, 0.717) is 25.1 Å². The molecule has 3 amide bonds. The molecule has 4 aliphatic heterocycles. The van der Waals surface area contributed by atoms with Gasteiger partial charge in [-0.05, 0) is 32.2 Å². The van der Waals surface area contributed by atoms with Crippen molar-refractivity contribution in [2.45, 2.75) is 55.1 Å². The first-order valence-corrected chi connectivity index (χ1v) is 9.38. The highest BCUT2D eigenvalue weighted by molar-refractivity contribution is 8.00. The molecule has 0 saturated carbocycles. The minimum atomic E-state index is -0.743. The molecule has 7 nitrogen and oxygen atoms in total. The van der Waals surface area contributed by atoms with Crippen molar-refractivity contribution < 1.29 is 14.4 Å². The second kappa shape index (κ2) is 5.37. The van der Waals surface area contributed by atoms with Crippen molar-refractivity contribution in [1.82, 2.24) is 15.1 Å². The van der Waals surface area contributed by atoms with Crippen LogP contribution in [0.1, 0.15) is 32.1 Å². The van der Waals surface area contributed by atoms with Gasteiger partial charge in [-0.15, -0.1) is 11.8 Å². The first-order chi connectivity index (χ1) is 11.0. The molecule has 23 heavy (non-hydrogen) atoms. The maximum Gasteiger partial charge on any atom is 0.250 e. The molecule has 4 atom stereocenters. The Hall–Kier alpha value is -1.28. The van der Waals surface area contributed by atoms with Crippen LogP contribution >= 0.6 is 11.8 Å². The topological polar surface area (TPSA) is 95.7 Å². The summed E-state index contributed by atoms with van der Waals surface area (Å²) in [4.78, 5) is 41.1. The third kappa shape index (κ3) is 2.11. The largest absolute Gasteiger partial charge is 0.368 e. The van der Waals surface area contributed by atoms with E-state index in [1.807, 2.05) is 0 Å². The second-order valence-electron chi connectivity index (χ2n) is 6.90. The fraction of sp³-hybridized carbons (Fsp3) is 0.800. The van der Waals surface area contributed by atoms with E-state index in [9.17, 15) is 14.4 Å². The fourth-order valence-electron chi connectivity index (χ4n) is 4.55. The summed E-state index contributed by atoms with van der Waals surface area (Å²) in [6, 6.07) is -0.688. The van der Waals surface area contributed by atoms with Gasteiger partial charge in [-0.2, -0.15) is 0 Å². The number of fused-ring (bicyclic) bond motifs is 1. The van der Waals surface area contributed by atoms with Crippen LogP contribution in [-0.2, 0) is 14.4 Å². The van der Waals surface area contributed by atoms with Gasteiger partial charge in [0.25, 0.3) is 0 Å². The Bertz CT molecular complexity index is 565. The van der Waals surface area contributed by atoms with Gasteiger partial charge < -0.3 is 20.9 Å². The highest BCUT2D eigenvalue weighted by Gasteiger charge is 2.62. The van der Waals surface area contributed by atoms with Gasteiger partial charge in [-0.25, -0.2) is 0 Å². The predicted molar refractivity (Wildman–Crippen MR) is 85.4 cm³/mol. The Morgan fingerprint density at radius 3 is 2.87 bits per heavy atom. The maximum atomic E-state index is 13.1. The molecule has 0 bridgehead atoms. The molecule has 0 radical (unpaired) electrons. The van der Waals surface area contributed by atoms with Gasteiger partial charge in [0.1, 0.15) is 11.6 Å². The molecule has 3 N–H and O–H groups in total. The van der Waals surface area contributed by atoms with Gasteiger partial charge in [0.05, 0.1) is 11.4 Å². The average molecular weight is 338 g/mol. The molecular weight excluding hydrogens is 316 g/mol. The minimum Gasteiger partial charge on any atom is -0.368 e. The van der Waals surface area contributed by atoms with Crippen molar-refractivity contribution in [3.63, 3.8) is 0 Å². The molecule has 4 fully saturated rings. The van der Waals surface area contributed by atoms with Gasteiger partial charge in [0.15, 0.2) is 0 Å². The van der Waals surface area contributed by atoms with Crippen LogP contribution in [0, 0.1) is 0 Å². The molecule has 4 saturated heterocycles. The second-order valence-corrected chi connectivity index (χ2v) is 8.11. The summed E-state index contributed by atoms with van der Waals surface area (Å²) in [6.07, 6.45) is 4.00. The number of rotatable bonds is 2. The molecular formula is C15H22N4O3S. The monoisotopic (exact) mass is 338 g/mol. The van der Waals surface area contributed by atoms with Gasteiger partial charge in [-0.1, -0.05) is 0 Å². The van der Waals surface area contributed by atoms with Crippen molar-refractivity contribution in [3.05, 3.63) is 0 Å². The number of nitrogens with one attached hydrogen (secondary N) is 1. The van der Waals surface area contributed by atoms with E-state index in [1.54, 1.807) is 21.6 Å². The number of thioether (sulfide) groups is 1. The summed E-state index contributed by atoms with van der Waals surface area (Å²) in [5.74, 6) is 0.106. The molecule has 4 unspecified atom stereocenters. The highest BCUT2D eigenvalue weighted by atomic mass is 32.2. The van der Waals surface area contributed by atoms with Gasteiger partial charge in [0.2, 0.25) is 17.7 Å². The third-order valence-electron chi connectivity index (χ3n) is 5.68. The van der Waals surface area contributed by atoms with E-state index in [1.165, 1.54) is 0 Å².